The molecule has 0 fully saturated rings. The third-order valence-corrected chi connectivity index (χ3v) is 4.08. The van der Waals surface area contributed by atoms with Crippen LogP contribution in [-0.4, -0.2) is 18.1 Å². The minimum absolute atomic E-state index is 0.0880. The first kappa shape index (κ1) is 15.1. The van der Waals surface area contributed by atoms with Gasteiger partial charge in [0.05, 0.1) is 10.6 Å². The first-order valence-corrected chi connectivity index (χ1v) is 8.04. The van der Waals surface area contributed by atoms with E-state index in [9.17, 15) is 18.1 Å². The lowest BCUT2D eigenvalue weighted by molar-refractivity contribution is 0.463. The zero-order valence-electron chi connectivity index (χ0n) is 11.7. The minimum Gasteiger partial charge on any atom is -0.744 e. The molecular weight excluding hydrogens is 316 g/mol. The van der Waals surface area contributed by atoms with Gasteiger partial charge < -0.3 is 9.66 Å². The summed E-state index contributed by atoms with van der Waals surface area (Å²) in [6.45, 7) is 0. The predicted molar refractivity (Wildman–Crippen MR) is 84.2 cm³/mol. The molecule has 0 aliphatic rings. The van der Waals surface area contributed by atoms with Crippen molar-refractivity contribution in [3.63, 3.8) is 0 Å². The second kappa shape index (κ2) is 5.79. The molecule has 0 bridgehead atoms. The molecular formula is C16H11N2O4S-. The summed E-state index contributed by atoms with van der Waals surface area (Å²) >= 11 is 0. The summed E-state index contributed by atoms with van der Waals surface area (Å²) in [6, 6.07) is 15.7. The van der Waals surface area contributed by atoms with Gasteiger partial charge >= 0.3 is 0 Å². The summed E-state index contributed by atoms with van der Waals surface area (Å²) < 4.78 is 33.3. The van der Waals surface area contributed by atoms with Crippen molar-refractivity contribution in [2.45, 2.75) is 4.90 Å². The van der Waals surface area contributed by atoms with E-state index >= 15 is 0 Å². The van der Waals surface area contributed by atoms with Crippen molar-refractivity contribution in [1.82, 2.24) is 0 Å². The van der Waals surface area contributed by atoms with Crippen molar-refractivity contribution in [3.8, 4) is 5.75 Å². The molecule has 3 aromatic carbocycles. The number of hydrogen-bond acceptors (Lipinski definition) is 6. The molecule has 0 amide bonds. The van der Waals surface area contributed by atoms with E-state index in [1.807, 2.05) is 18.2 Å². The van der Waals surface area contributed by atoms with Crippen LogP contribution in [0.2, 0.25) is 0 Å². The third kappa shape index (κ3) is 3.20. The second-order valence-corrected chi connectivity index (χ2v) is 6.19. The average molecular weight is 327 g/mol. The molecule has 0 aliphatic heterocycles. The van der Waals surface area contributed by atoms with Gasteiger partial charge in [-0.3, -0.25) is 0 Å². The van der Waals surface area contributed by atoms with Crippen molar-refractivity contribution in [1.29, 1.82) is 0 Å². The SMILES string of the molecule is O=S(=O)([O-])c1ccc2c(N=Nc3ccccc3)c(O)ccc2c1. The Morgan fingerprint density at radius 2 is 1.65 bits per heavy atom. The number of phenols is 1. The molecule has 1 N–H and O–H groups in total. The van der Waals surface area contributed by atoms with E-state index in [-0.39, 0.29) is 16.3 Å². The van der Waals surface area contributed by atoms with Crippen LogP contribution in [0, 0.1) is 0 Å². The van der Waals surface area contributed by atoms with E-state index < -0.39 is 10.1 Å². The zero-order chi connectivity index (χ0) is 16.4. The molecule has 7 heteroatoms. The summed E-state index contributed by atoms with van der Waals surface area (Å²) in [5.74, 6) is -0.0880. The van der Waals surface area contributed by atoms with E-state index in [4.69, 9.17) is 0 Å². The number of phenolic OH excluding ortho intramolecular Hbond substituents is 1. The number of benzene rings is 3. The summed E-state index contributed by atoms with van der Waals surface area (Å²) in [6.07, 6.45) is 0. The summed E-state index contributed by atoms with van der Waals surface area (Å²) in [7, 11) is -4.54. The maximum Gasteiger partial charge on any atom is 0.143 e. The van der Waals surface area contributed by atoms with Crippen LogP contribution in [-0.2, 0) is 10.1 Å². The number of nitrogens with zero attached hydrogens (tertiary/aromatic N) is 2. The average Bonchev–Trinajstić information content (AvgIpc) is 2.53. The normalized spacial score (nSPS) is 12.0. The standard InChI is InChI=1S/C16H12N2O4S/c19-15-9-6-11-10-13(23(20,21)22)7-8-14(11)16(15)18-17-12-4-2-1-3-5-12/h1-10,19H,(H,20,21,22)/p-1. The summed E-state index contributed by atoms with van der Waals surface area (Å²) in [5, 5.41) is 19.0. The number of hydrogen-bond donors (Lipinski definition) is 1. The molecule has 0 aliphatic carbocycles. The Morgan fingerprint density at radius 3 is 2.35 bits per heavy atom. The molecule has 0 heterocycles. The highest BCUT2D eigenvalue weighted by Crippen LogP contribution is 2.36. The van der Waals surface area contributed by atoms with E-state index in [1.54, 1.807) is 12.1 Å². The molecule has 0 spiro atoms. The molecule has 0 saturated heterocycles. The molecule has 0 atom stereocenters. The Kier molecular flexibility index (Phi) is 3.81. The fourth-order valence-electron chi connectivity index (χ4n) is 2.14. The Labute approximate surface area is 132 Å². The van der Waals surface area contributed by atoms with Gasteiger partial charge in [0, 0.05) is 5.39 Å². The minimum atomic E-state index is -4.54. The topological polar surface area (TPSA) is 102 Å². The molecule has 3 rings (SSSR count). The van der Waals surface area contributed by atoms with Crippen molar-refractivity contribution in [3.05, 3.63) is 60.7 Å². The molecule has 0 unspecified atom stereocenters. The fourth-order valence-corrected chi connectivity index (χ4v) is 2.65. The van der Waals surface area contributed by atoms with Crippen molar-refractivity contribution in [2.75, 3.05) is 0 Å². The van der Waals surface area contributed by atoms with Gasteiger partial charge in [0.15, 0.2) is 0 Å². The summed E-state index contributed by atoms with van der Waals surface area (Å²) in [5.41, 5.74) is 0.823. The Balaban J connectivity index is 2.13. The Hall–Kier alpha value is -2.77. The maximum atomic E-state index is 11.1. The van der Waals surface area contributed by atoms with E-state index in [2.05, 4.69) is 10.2 Å². The lowest BCUT2D eigenvalue weighted by atomic mass is 10.1. The van der Waals surface area contributed by atoms with Crippen LogP contribution in [0.4, 0.5) is 11.4 Å². The van der Waals surface area contributed by atoms with Crippen LogP contribution < -0.4 is 0 Å². The maximum absolute atomic E-state index is 11.1. The lowest BCUT2D eigenvalue weighted by Gasteiger charge is -2.09. The van der Waals surface area contributed by atoms with Gasteiger partial charge in [-0.25, -0.2) is 8.42 Å². The van der Waals surface area contributed by atoms with E-state index in [1.165, 1.54) is 30.3 Å². The molecule has 0 aromatic heterocycles. The number of rotatable bonds is 3. The van der Waals surface area contributed by atoms with Crippen molar-refractivity contribution >= 4 is 32.3 Å². The molecule has 6 nitrogen and oxygen atoms in total. The van der Waals surface area contributed by atoms with Gasteiger partial charge in [-0.2, -0.15) is 5.11 Å². The number of fused-ring (bicyclic) bond motifs is 1. The largest absolute Gasteiger partial charge is 0.744 e. The van der Waals surface area contributed by atoms with Crippen LogP contribution in [0.3, 0.4) is 0 Å². The quantitative estimate of drug-likeness (QED) is 0.582. The van der Waals surface area contributed by atoms with Gasteiger partial charge in [-0.15, -0.1) is 5.11 Å². The van der Waals surface area contributed by atoms with Gasteiger partial charge in [-0.1, -0.05) is 30.3 Å². The molecule has 0 saturated carbocycles. The highest BCUT2D eigenvalue weighted by molar-refractivity contribution is 7.85. The van der Waals surface area contributed by atoms with Gasteiger partial charge in [0.25, 0.3) is 0 Å². The van der Waals surface area contributed by atoms with Crippen LogP contribution in [0.15, 0.2) is 75.8 Å². The smallest absolute Gasteiger partial charge is 0.143 e. The van der Waals surface area contributed by atoms with E-state index in [0.29, 0.717) is 16.5 Å². The third-order valence-electron chi connectivity index (χ3n) is 3.25. The zero-order valence-corrected chi connectivity index (χ0v) is 12.6. The van der Waals surface area contributed by atoms with Gasteiger partial charge in [-0.05, 0) is 35.7 Å². The predicted octanol–water partition coefficient (Wildman–Crippen LogP) is 3.86. The number of azo groups is 1. The first-order valence-electron chi connectivity index (χ1n) is 6.63. The molecule has 23 heavy (non-hydrogen) atoms. The fraction of sp³-hybridized carbons (Fsp3) is 0. The van der Waals surface area contributed by atoms with Crippen LogP contribution >= 0.6 is 0 Å². The molecule has 116 valence electrons. The lowest BCUT2D eigenvalue weighted by Crippen LogP contribution is -1.97. The Bertz CT molecular complexity index is 999. The highest BCUT2D eigenvalue weighted by Gasteiger charge is 2.09. The second-order valence-electron chi connectivity index (χ2n) is 4.81. The number of aromatic hydroxyl groups is 1. The van der Waals surface area contributed by atoms with Crippen LogP contribution in [0.1, 0.15) is 0 Å². The van der Waals surface area contributed by atoms with Crippen molar-refractivity contribution < 1.29 is 18.1 Å². The van der Waals surface area contributed by atoms with Crippen LogP contribution in [0.5, 0.6) is 5.75 Å². The van der Waals surface area contributed by atoms with E-state index in [0.717, 1.165) is 0 Å². The van der Waals surface area contributed by atoms with Crippen LogP contribution in [0.25, 0.3) is 10.8 Å². The highest BCUT2D eigenvalue weighted by atomic mass is 32.2. The molecule has 0 radical (unpaired) electrons. The molecule has 3 aromatic rings. The summed E-state index contributed by atoms with van der Waals surface area (Å²) in [4.78, 5) is -0.332. The van der Waals surface area contributed by atoms with Gasteiger partial charge in [0.2, 0.25) is 0 Å². The Morgan fingerprint density at radius 1 is 0.913 bits per heavy atom. The van der Waals surface area contributed by atoms with Crippen molar-refractivity contribution in [2.24, 2.45) is 10.2 Å². The first-order chi connectivity index (χ1) is 10.9. The monoisotopic (exact) mass is 327 g/mol. The van der Waals surface area contributed by atoms with Gasteiger partial charge in [0.1, 0.15) is 21.6 Å².